The van der Waals surface area contributed by atoms with Crippen molar-refractivity contribution in [1.82, 2.24) is 0 Å². The van der Waals surface area contributed by atoms with Crippen LogP contribution >= 0.6 is 0 Å². The van der Waals surface area contributed by atoms with Gasteiger partial charge in [0.2, 0.25) is 0 Å². The van der Waals surface area contributed by atoms with E-state index in [0.717, 1.165) is 55.6 Å². The molecule has 1 nitrogen and oxygen atoms in total. The van der Waals surface area contributed by atoms with Gasteiger partial charge < -0.3 is 4.90 Å². The Morgan fingerprint density at radius 2 is 1.24 bits per heavy atom. The van der Waals surface area contributed by atoms with Crippen LogP contribution in [0.5, 0.6) is 0 Å². The van der Waals surface area contributed by atoms with Crippen molar-refractivity contribution >= 4 is 33.8 Å². The van der Waals surface area contributed by atoms with Crippen molar-refractivity contribution < 1.29 is 0 Å². The first-order valence-electron chi connectivity index (χ1n) is 21.2. The van der Waals surface area contributed by atoms with E-state index in [9.17, 15) is 0 Å². The SMILES string of the molecule is C=C/C=C(\C1=CCCC=C1)c1ccc(-c2ccc(N(c3ccc(C(/C=C\C)=C/C)cc3)c3ccc(-c4ccccc4)cc3)cc2C2=CC=C(C3=CC=CCC3)CC2)cc1. The van der Waals surface area contributed by atoms with E-state index in [2.05, 4.69) is 220 Å². The molecule has 0 heterocycles. The first kappa shape index (κ1) is 39.1. The predicted octanol–water partition coefficient (Wildman–Crippen LogP) is 16.7. The van der Waals surface area contributed by atoms with Crippen LogP contribution < -0.4 is 4.90 Å². The molecule has 3 aliphatic carbocycles. The average Bonchev–Trinajstić information content (AvgIpc) is 3.31. The van der Waals surface area contributed by atoms with Gasteiger partial charge in [0.05, 0.1) is 0 Å². The fraction of sp³-hybridized carbons (Fsp3) is 0.138. The van der Waals surface area contributed by atoms with Gasteiger partial charge in [-0.15, -0.1) is 0 Å². The van der Waals surface area contributed by atoms with Gasteiger partial charge in [-0.05, 0) is 161 Å². The molecule has 1 heteroatoms. The highest BCUT2D eigenvalue weighted by Crippen LogP contribution is 2.43. The number of benzene rings is 5. The predicted molar refractivity (Wildman–Crippen MR) is 257 cm³/mol. The Hall–Kier alpha value is -6.70. The van der Waals surface area contributed by atoms with Crippen LogP contribution in [0.2, 0.25) is 0 Å². The molecule has 0 amide bonds. The van der Waals surface area contributed by atoms with E-state index in [0.29, 0.717) is 0 Å². The zero-order valence-electron chi connectivity index (χ0n) is 34.4. The molecule has 0 aromatic heterocycles. The second-order valence-electron chi connectivity index (χ2n) is 15.3. The van der Waals surface area contributed by atoms with Crippen LogP contribution in [-0.2, 0) is 0 Å². The molecule has 3 aliphatic rings. The molecule has 0 N–H and O–H groups in total. The zero-order valence-corrected chi connectivity index (χ0v) is 34.4. The molecule has 0 saturated carbocycles. The lowest BCUT2D eigenvalue weighted by Gasteiger charge is -2.28. The van der Waals surface area contributed by atoms with Gasteiger partial charge >= 0.3 is 0 Å². The highest BCUT2D eigenvalue weighted by atomic mass is 15.1. The van der Waals surface area contributed by atoms with Crippen molar-refractivity contribution in [2.75, 3.05) is 4.90 Å². The molecular formula is C58H53N. The summed E-state index contributed by atoms with van der Waals surface area (Å²) in [5, 5.41) is 0. The molecular weight excluding hydrogens is 711 g/mol. The molecule has 0 radical (unpaired) electrons. The molecule has 5 aromatic rings. The van der Waals surface area contributed by atoms with Gasteiger partial charge in [0.15, 0.2) is 0 Å². The lowest BCUT2D eigenvalue weighted by molar-refractivity contribution is 0.905. The Morgan fingerprint density at radius 3 is 1.88 bits per heavy atom. The van der Waals surface area contributed by atoms with Gasteiger partial charge in [0.1, 0.15) is 0 Å². The molecule has 59 heavy (non-hydrogen) atoms. The maximum atomic E-state index is 4.04. The first-order valence-corrected chi connectivity index (χ1v) is 21.2. The minimum absolute atomic E-state index is 0.992. The molecule has 0 unspecified atom stereocenters. The van der Waals surface area contributed by atoms with Crippen LogP contribution in [0, 0.1) is 0 Å². The molecule has 8 rings (SSSR count). The van der Waals surface area contributed by atoms with Crippen molar-refractivity contribution in [3.05, 3.63) is 240 Å². The molecule has 0 atom stereocenters. The monoisotopic (exact) mass is 763 g/mol. The van der Waals surface area contributed by atoms with Gasteiger partial charge in [0, 0.05) is 17.1 Å². The number of hydrogen-bond acceptors (Lipinski definition) is 1. The summed E-state index contributed by atoms with van der Waals surface area (Å²) in [6.07, 6.45) is 35.3. The Labute approximate surface area is 352 Å². The summed E-state index contributed by atoms with van der Waals surface area (Å²) in [5.41, 5.74) is 19.9. The Morgan fingerprint density at radius 1 is 0.576 bits per heavy atom. The molecule has 5 aromatic carbocycles. The largest absolute Gasteiger partial charge is 0.310 e. The molecule has 0 spiro atoms. The third-order valence-electron chi connectivity index (χ3n) is 11.6. The van der Waals surface area contributed by atoms with E-state index in [4.69, 9.17) is 0 Å². The summed E-state index contributed by atoms with van der Waals surface area (Å²) < 4.78 is 0. The van der Waals surface area contributed by atoms with Gasteiger partial charge in [-0.2, -0.15) is 0 Å². The average molecular weight is 764 g/mol. The fourth-order valence-corrected chi connectivity index (χ4v) is 8.53. The molecule has 0 saturated heterocycles. The minimum Gasteiger partial charge on any atom is -0.310 e. The minimum atomic E-state index is 0.992. The van der Waals surface area contributed by atoms with E-state index < -0.39 is 0 Å². The van der Waals surface area contributed by atoms with Crippen molar-refractivity contribution in [3.8, 4) is 22.3 Å². The quantitative estimate of drug-likeness (QED) is 0.114. The van der Waals surface area contributed by atoms with Crippen molar-refractivity contribution in [3.63, 3.8) is 0 Å². The second kappa shape index (κ2) is 18.7. The van der Waals surface area contributed by atoms with Gasteiger partial charge in [-0.1, -0.05) is 170 Å². The zero-order chi connectivity index (χ0) is 40.4. The normalized spacial score (nSPS) is 15.7. The molecule has 0 aliphatic heterocycles. The van der Waals surface area contributed by atoms with Crippen LogP contribution in [0.4, 0.5) is 17.1 Å². The fourth-order valence-electron chi connectivity index (χ4n) is 8.53. The summed E-state index contributed by atoms with van der Waals surface area (Å²) in [7, 11) is 0. The van der Waals surface area contributed by atoms with E-state index >= 15 is 0 Å². The summed E-state index contributed by atoms with van der Waals surface area (Å²) in [6, 6.07) is 44.8. The lowest BCUT2D eigenvalue weighted by Crippen LogP contribution is -2.11. The van der Waals surface area contributed by atoms with Crippen LogP contribution in [-0.4, -0.2) is 0 Å². The van der Waals surface area contributed by atoms with E-state index in [-0.39, 0.29) is 0 Å². The molecule has 0 fully saturated rings. The van der Waals surface area contributed by atoms with Crippen LogP contribution in [0.3, 0.4) is 0 Å². The number of nitrogens with zero attached hydrogens (tertiary/aromatic N) is 1. The third kappa shape index (κ3) is 8.91. The number of hydrogen-bond donors (Lipinski definition) is 0. The molecule has 0 bridgehead atoms. The van der Waals surface area contributed by atoms with Gasteiger partial charge in [0.25, 0.3) is 0 Å². The summed E-state index contributed by atoms with van der Waals surface area (Å²) in [5.74, 6) is 0. The van der Waals surface area contributed by atoms with Crippen molar-refractivity contribution in [2.24, 2.45) is 0 Å². The van der Waals surface area contributed by atoms with Crippen LogP contribution in [0.15, 0.2) is 224 Å². The van der Waals surface area contributed by atoms with Crippen molar-refractivity contribution in [2.45, 2.75) is 52.4 Å². The van der Waals surface area contributed by atoms with Gasteiger partial charge in [-0.3, -0.25) is 0 Å². The standard InChI is InChI=1S/C58H53N/c1-4-16-43(6-3)46-32-36-53(37-33-46)59(54-38-34-48(35-39-54)45-20-12-8-13-21-45)55-40-41-57(58(42-55)52-26-24-47(25-27-52)44-18-10-7-11-19-44)51-30-28-50(29-31-51)56(17-5-2)49-22-14-9-15-23-49/h4-8,10,12-14,16-18,20-24,26,28-42H,2,9,11,15,19,25,27H2,1,3H3/b16-4-,43-6+,56-17+. The highest BCUT2D eigenvalue weighted by Gasteiger charge is 2.20. The van der Waals surface area contributed by atoms with E-state index in [1.165, 1.54) is 72.4 Å². The Kier molecular flexibility index (Phi) is 12.4. The molecule has 290 valence electrons. The summed E-state index contributed by atoms with van der Waals surface area (Å²) in [4.78, 5) is 2.40. The number of allylic oxidation sites excluding steroid dienone is 19. The lowest BCUT2D eigenvalue weighted by atomic mass is 9.84. The maximum Gasteiger partial charge on any atom is 0.0468 e. The number of rotatable bonds is 12. The smallest absolute Gasteiger partial charge is 0.0468 e. The highest BCUT2D eigenvalue weighted by molar-refractivity contribution is 5.90. The summed E-state index contributed by atoms with van der Waals surface area (Å²) >= 11 is 0. The third-order valence-corrected chi connectivity index (χ3v) is 11.6. The van der Waals surface area contributed by atoms with Crippen LogP contribution in [0.1, 0.15) is 69.1 Å². The Bertz CT molecular complexity index is 2570. The maximum absolute atomic E-state index is 4.04. The van der Waals surface area contributed by atoms with E-state index in [1.54, 1.807) is 0 Å². The van der Waals surface area contributed by atoms with Gasteiger partial charge in [-0.25, -0.2) is 0 Å². The van der Waals surface area contributed by atoms with Crippen LogP contribution in [0.25, 0.3) is 39.0 Å². The van der Waals surface area contributed by atoms with E-state index in [1.807, 2.05) is 6.08 Å². The second-order valence-corrected chi connectivity index (χ2v) is 15.3. The Balaban J connectivity index is 1.24. The van der Waals surface area contributed by atoms with Crippen molar-refractivity contribution in [1.29, 1.82) is 0 Å². The first-order chi connectivity index (χ1) is 29.1. The summed E-state index contributed by atoms with van der Waals surface area (Å²) in [6.45, 7) is 8.21. The topological polar surface area (TPSA) is 3.24 Å². The number of anilines is 3.